The van der Waals surface area contributed by atoms with Gasteiger partial charge in [0.05, 0.1) is 0 Å². The molecule has 1 atom stereocenters. The highest BCUT2D eigenvalue weighted by atomic mass is 35.5. The quantitative estimate of drug-likeness (QED) is 0.817. The Morgan fingerprint density at radius 2 is 1.30 bits per heavy atom. The van der Waals surface area contributed by atoms with Crippen LogP contribution < -0.4 is 10.6 Å². The van der Waals surface area contributed by atoms with E-state index >= 15 is 0 Å². The van der Waals surface area contributed by atoms with E-state index in [1.54, 1.807) is 0 Å². The van der Waals surface area contributed by atoms with E-state index in [0.29, 0.717) is 6.04 Å². The monoisotopic (exact) mass is 290 g/mol. The highest BCUT2D eigenvalue weighted by Crippen LogP contribution is 1.99. The van der Waals surface area contributed by atoms with Gasteiger partial charge in [-0.2, -0.15) is 0 Å². The van der Waals surface area contributed by atoms with Crippen LogP contribution in [0.5, 0.6) is 0 Å². The highest BCUT2D eigenvalue weighted by molar-refractivity contribution is 5.85. The van der Waals surface area contributed by atoms with Crippen molar-refractivity contribution in [2.24, 2.45) is 0 Å². The van der Waals surface area contributed by atoms with Crippen molar-refractivity contribution in [3.05, 3.63) is 71.8 Å². The van der Waals surface area contributed by atoms with Crippen molar-refractivity contribution in [1.82, 2.24) is 10.6 Å². The van der Waals surface area contributed by atoms with Gasteiger partial charge in [0.25, 0.3) is 0 Å². The molecule has 0 aliphatic heterocycles. The second-order valence-electron chi connectivity index (χ2n) is 4.88. The molecule has 0 aliphatic rings. The summed E-state index contributed by atoms with van der Waals surface area (Å²) in [5, 5.41) is 7.00. The second-order valence-corrected chi connectivity index (χ2v) is 4.88. The van der Waals surface area contributed by atoms with E-state index in [2.05, 4.69) is 66.1 Å². The van der Waals surface area contributed by atoms with Crippen molar-refractivity contribution >= 4 is 12.4 Å². The molecule has 20 heavy (non-hydrogen) atoms. The summed E-state index contributed by atoms with van der Waals surface area (Å²) in [4.78, 5) is 0. The summed E-state index contributed by atoms with van der Waals surface area (Å²) in [6.45, 7) is 5.04. The fraction of sp³-hybridized carbons (Fsp3) is 0.294. The van der Waals surface area contributed by atoms with E-state index in [1.807, 2.05) is 12.1 Å². The first-order valence-electron chi connectivity index (χ1n) is 6.86. The van der Waals surface area contributed by atoms with Crippen molar-refractivity contribution in [1.29, 1.82) is 0 Å². The Balaban J connectivity index is 0.00000200. The summed E-state index contributed by atoms with van der Waals surface area (Å²) in [7, 11) is 0. The van der Waals surface area contributed by atoms with E-state index in [0.717, 1.165) is 19.6 Å². The summed E-state index contributed by atoms with van der Waals surface area (Å²) < 4.78 is 0. The number of halogens is 1. The van der Waals surface area contributed by atoms with Crippen LogP contribution in [0.25, 0.3) is 0 Å². The number of hydrogen-bond donors (Lipinski definition) is 2. The van der Waals surface area contributed by atoms with Gasteiger partial charge >= 0.3 is 0 Å². The first-order valence-corrected chi connectivity index (χ1v) is 6.86. The topological polar surface area (TPSA) is 24.1 Å². The Kier molecular flexibility index (Phi) is 7.97. The Bertz CT molecular complexity index is 459. The van der Waals surface area contributed by atoms with E-state index in [-0.39, 0.29) is 12.4 Å². The lowest BCUT2D eigenvalue weighted by atomic mass is 10.2. The van der Waals surface area contributed by atoms with Crippen LogP contribution in [0.4, 0.5) is 0 Å². The Hall–Kier alpha value is -1.35. The average molecular weight is 291 g/mol. The predicted octanol–water partition coefficient (Wildman–Crippen LogP) is 3.38. The van der Waals surface area contributed by atoms with Gasteiger partial charge in [-0.05, 0) is 18.1 Å². The largest absolute Gasteiger partial charge is 0.311 e. The standard InChI is InChI=1S/C17H22N2.ClH/c1-15(19-14-17-10-6-3-7-11-17)12-18-13-16-8-4-2-5-9-16;/h2-11,15,18-19H,12-14H2,1H3;1H. The molecule has 3 heteroatoms. The second kappa shape index (κ2) is 9.54. The summed E-state index contributed by atoms with van der Waals surface area (Å²) in [6.07, 6.45) is 0. The van der Waals surface area contributed by atoms with Crippen LogP contribution in [0, 0.1) is 0 Å². The number of benzene rings is 2. The number of nitrogens with one attached hydrogen (secondary N) is 2. The van der Waals surface area contributed by atoms with Crippen LogP contribution in [0.3, 0.4) is 0 Å². The zero-order valence-corrected chi connectivity index (χ0v) is 12.7. The molecule has 108 valence electrons. The molecule has 0 aromatic heterocycles. The van der Waals surface area contributed by atoms with Crippen LogP contribution >= 0.6 is 12.4 Å². The van der Waals surface area contributed by atoms with Gasteiger partial charge in [0.1, 0.15) is 0 Å². The fourth-order valence-corrected chi connectivity index (χ4v) is 1.99. The smallest absolute Gasteiger partial charge is 0.0208 e. The van der Waals surface area contributed by atoms with Gasteiger partial charge in [0, 0.05) is 25.7 Å². The normalized spacial score (nSPS) is 11.7. The first-order chi connectivity index (χ1) is 9.34. The lowest BCUT2D eigenvalue weighted by molar-refractivity contribution is 0.501. The molecule has 0 spiro atoms. The van der Waals surface area contributed by atoms with Gasteiger partial charge in [0.15, 0.2) is 0 Å². The maximum atomic E-state index is 3.52. The lowest BCUT2D eigenvalue weighted by Crippen LogP contribution is -2.35. The summed E-state index contributed by atoms with van der Waals surface area (Å²) in [6, 6.07) is 21.5. The molecule has 0 radical (unpaired) electrons. The third-order valence-corrected chi connectivity index (χ3v) is 3.12. The number of rotatable bonds is 7. The molecule has 0 amide bonds. The summed E-state index contributed by atoms with van der Waals surface area (Å²) >= 11 is 0. The minimum atomic E-state index is 0. The van der Waals surface area contributed by atoms with E-state index in [4.69, 9.17) is 0 Å². The molecule has 2 N–H and O–H groups in total. The molecule has 0 saturated heterocycles. The molecule has 2 aromatic carbocycles. The molecular formula is C17H23ClN2. The van der Waals surface area contributed by atoms with E-state index in [1.165, 1.54) is 11.1 Å². The number of hydrogen-bond acceptors (Lipinski definition) is 2. The fourth-order valence-electron chi connectivity index (χ4n) is 1.99. The zero-order valence-electron chi connectivity index (χ0n) is 11.9. The molecule has 1 unspecified atom stereocenters. The average Bonchev–Trinajstić information content (AvgIpc) is 2.47. The SMILES string of the molecule is CC(CNCc1ccccc1)NCc1ccccc1.Cl. The van der Waals surface area contributed by atoms with Gasteiger partial charge in [-0.25, -0.2) is 0 Å². The van der Waals surface area contributed by atoms with Gasteiger partial charge in [-0.3, -0.25) is 0 Å². The molecule has 2 rings (SSSR count). The minimum Gasteiger partial charge on any atom is -0.311 e. The van der Waals surface area contributed by atoms with Gasteiger partial charge < -0.3 is 10.6 Å². The maximum absolute atomic E-state index is 3.52. The van der Waals surface area contributed by atoms with Crippen molar-refractivity contribution in [2.75, 3.05) is 6.54 Å². The van der Waals surface area contributed by atoms with E-state index in [9.17, 15) is 0 Å². The highest BCUT2D eigenvalue weighted by Gasteiger charge is 2.00. The van der Waals surface area contributed by atoms with Crippen LogP contribution in [-0.4, -0.2) is 12.6 Å². The molecular weight excluding hydrogens is 268 g/mol. The lowest BCUT2D eigenvalue weighted by Gasteiger charge is -2.14. The molecule has 2 aromatic rings. The predicted molar refractivity (Wildman–Crippen MR) is 88.1 cm³/mol. The van der Waals surface area contributed by atoms with Crippen LogP contribution in [0.1, 0.15) is 18.1 Å². The molecule has 0 aliphatic carbocycles. The molecule has 0 heterocycles. The first kappa shape index (κ1) is 16.7. The third-order valence-electron chi connectivity index (χ3n) is 3.12. The molecule has 0 bridgehead atoms. The van der Waals surface area contributed by atoms with Crippen LogP contribution in [0.15, 0.2) is 60.7 Å². The molecule has 0 fully saturated rings. The van der Waals surface area contributed by atoms with Crippen molar-refractivity contribution < 1.29 is 0 Å². The summed E-state index contributed by atoms with van der Waals surface area (Å²) in [5.41, 5.74) is 2.66. The minimum absolute atomic E-state index is 0. The Morgan fingerprint density at radius 3 is 1.85 bits per heavy atom. The van der Waals surface area contributed by atoms with Crippen molar-refractivity contribution in [2.45, 2.75) is 26.1 Å². The van der Waals surface area contributed by atoms with Gasteiger partial charge in [-0.1, -0.05) is 60.7 Å². The van der Waals surface area contributed by atoms with Crippen LogP contribution in [-0.2, 0) is 13.1 Å². The molecule has 2 nitrogen and oxygen atoms in total. The van der Waals surface area contributed by atoms with E-state index < -0.39 is 0 Å². The Morgan fingerprint density at radius 1 is 0.800 bits per heavy atom. The maximum Gasteiger partial charge on any atom is 0.0208 e. The molecule has 0 saturated carbocycles. The van der Waals surface area contributed by atoms with Crippen molar-refractivity contribution in [3.8, 4) is 0 Å². The third kappa shape index (κ3) is 6.20. The Labute approximate surface area is 128 Å². The van der Waals surface area contributed by atoms with Gasteiger partial charge in [0.2, 0.25) is 0 Å². The van der Waals surface area contributed by atoms with Gasteiger partial charge in [-0.15, -0.1) is 12.4 Å². The summed E-state index contributed by atoms with van der Waals surface area (Å²) in [5.74, 6) is 0. The van der Waals surface area contributed by atoms with Crippen LogP contribution in [0.2, 0.25) is 0 Å². The zero-order chi connectivity index (χ0) is 13.3. The van der Waals surface area contributed by atoms with Crippen molar-refractivity contribution in [3.63, 3.8) is 0 Å².